The van der Waals surface area contributed by atoms with Gasteiger partial charge in [0.25, 0.3) is 0 Å². The molecule has 0 fully saturated rings. The minimum absolute atomic E-state index is 0.333. The molecule has 0 saturated heterocycles. The predicted octanol–water partition coefficient (Wildman–Crippen LogP) is 2.01. The Morgan fingerprint density at radius 3 is 2.64 bits per heavy atom. The molecule has 0 saturated carbocycles. The van der Waals surface area contributed by atoms with E-state index in [1.165, 1.54) is 0 Å². The molecule has 0 radical (unpaired) electrons. The van der Waals surface area contributed by atoms with Crippen LogP contribution in [-0.4, -0.2) is 4.98 Å². The summed E-state index contributed by atoms with van der Waals surface area (Å²) in [6, 6.07) is 3.27. The molecule has 0 unspecified atom stereocenters. The van der Waals surface area contributed by atoms with E-state index in [2.05, 4.69) is 41.3 Å². The van der Waals surface area contributed by atoms with Gasteiger partial charge in [-0.3, -0.25) is 4.98 Å². The third-order valence-corrected chi connectivity index (χ3v) is 3.74. The van der Waals surface area contributed by atoms with Crippen molar-refractivity contribution in [3.05, 3.63) is 42.0 Å². The molecule has 0 bridgehead atoms. The van der Waals surface area contributed by atoms with Gasteiger partial charge in [0.2, 0.25) is 0 Å². The van der Waals surface area contributed by atoms with E-state index < -0.39 is 11.4 Å². The van der Waals surface area contributed by atoms with Crippen molar-refractivity contribution < 1.29 is 4.42 Å². The number of fused-ring (bicyclic) bond motifs is 1. The summed E-state index contributed by atoms with van der Waals surface area (Å²) in [6.45, 7) is 0. The monoisotopic (exact) mass is 319 g/mol. The van der Waals surface area contributed by atoms with Crippen LogP contribution >= 0.6 is 31.9 Å². The number of benzene rings is 1. The molecule has 0 aliphatic carbocycles. The molecule has 4 nitrogen and oxygen atoms in total. The van der Waals surface area contributed by atoms with Gasteiger partial charge in [0.05, 0.1) is 15.4 Å². The summed E-state index contributed by atoms with van der Waals surface area (Å²) >= 11 is 6.52. The fraction of sp³-hybridized carbons (Fsp3) is 0. The lowest BCUT2D eigenvalue weighted by Crippen LogP contribution is -2.14. The van der Waals surface area contributed by atoms with Crippen LogP contribution in [0.4, 0.5) is 0 Å². The van der Waals surface area contributed by atoms with E-state index in [0.717, 1.165) is 4.47 Å². The minimum Gasteiger partial charge on any atom is -0.372 e. The van der Waals surface area contributed by atoms with Gasteiger partial charge in [-0.05, 0) is 44.0 Å². The van der Waals surface area contributed by atoms with E-state index in [9.17, 15) is 9.59 Å². The van der Waals surface area contributed by atoms with Gasteiger partial charge in [-0.15, -0.1) is 0 Å². The Balaban J connectivity index is 3.10. The lowest BCUT2D eigenvalue weighted by molar-refractivity contribution is 0.460. The maximum atomic E-state index is 11.2. The molecule has 0 atom stereocenters. The quantitative estimate of drug-likeness (QED) is 0.807. The fourth-order valence-electron chi connectivity index (χ4n) is 1.11. The van der Waals surface area contributed by atoms with Crippen LogP contribution in [0.1, 0.15) is 0 Å². The topological polar surface area (TPSA) is 63.1 Å². The standard InChI is InChI=1S/C8H3Br2NO3/c9-4-2-1-3-6(5(4)10)11-8(13)14-7(3)12/h1-2H,(H,11,13). The van der Waals surface area contributed by atoms with E-state index in [-0.39, 0.29) is 0 Å². The van der Waals surface area contributed by atoms with Crippen LogP contribution in [0.5, 0.6) is 0 Å². The van der Waals surface area contributed by atoms with Crippen LogP contribution < -0.4 is 11.4 Å². The second kappa shape index (κ2) is 3.36. The average Bonchev–Trinajstić information content (AvgIpc) is 2.12. The van der Waals surface area contributed by atoms with Crippen LogP contribution in [-0.2, 0) is 0 Å². The molecule has 1 aromatic carbocycles. The van der Waals surface area contributed by atoms with Crippen LogP contribution in [0.15, 0.2) is 35.1 Å². The number of aromatic nitrogens is 1. The van der Waals surface area contributed by atoms with Crippen LogP contribution in [0, 0.1) is 0 Å². The summed E-state index contributed by atoms with van der Waals surface area (Å²) in [5, 5.41) is 0.333. The minimum atomic E-state index is -0.763. The van der Waals surface area contributed by atoms with E-state index in [0.29, 0.717) is 15.4 Å². The van der Waals surface area contributed by atoms with Gasteiger partial charge < -0.3 is 4.42 Å². The molecule has 6 heteroatoms. The summed E-state index contributed by atoms with van der Waals surface area (Å²) in [5.41, 5.74) is -0.211. The van der Waals surface area contributed by atoms with Gasteiger partial charge in [0.1, 0.15) is 0 Å². The summed E-state index contributed by atoms with van der Waals surface area (Å²) in [4.78, 5) is 24.6. The van der Waals surface area contributed by atoms with Crippen molar-refractivity contribution in [3.8, 4) is 0 Å². The summed E-state index contributed by atoms with van der Waals surface area (Å²) in [6.07, 6.45) is 0. The maximum absolute atomic E-state index is 11.2. The molecule has 0 spiro atoms. The third-order valence-electron chi connectivity index (χ3n) is 1.73. The van der Waals surface area contributed by atoms with Gasteiger partial charge >= 0.3 is 11.4 Å². The van der Waals surface area contributed by atoms with Crippen molar-refractivity contribution in [1.29, 1.82) is 0 Å². The fourth-order valence-corrected chi connectivity index (χ4v) is 1.88. The van der Waals surface area contributed by atoms with Crippen LogP contribution in [0.3, 0.4) is 0 Å². The molecule has 1 heterocycles. The number of rotatable bonds is 0. The molecule has 0 aliphatic heterocycles. The van der Waals surface area contributed by atoms with Crippen molar-refractivity contribution in [2.45, 2.75) is 0 Å². The highest BCUT2D eigenvalue weighted by atomic mass is 79.9. The van der Waals surface area contributed by atoms with Crippen molar-refractivity contribution in [3.63, 3.8) is 0 Å². The van der Waals surface area contributed by atoms with E-state index in [4.69, 9.17) is 0 Å². The van der Waals surface area contributed by atoms with Gasteiger partial charge in [-0.1, -0.05) is 0 Å². The summed E-state index contributed by atoms with van der Waals surface area (Å²) in [5.74, 6) is -0.763. The molecule has 2 rings (SSSR count). The van der Waals surface area contributed by atoms with Crippen molar-refractivity contribution in [2.24, 2.45) is 0 Å². The lowest BCUT2D eigenvalue weighted by atomic mass is 10.2. The Hall–Kier alpha value is -0.880. The van der Waals surface area contributed by atoms with E-state index in [1.54, 1.807) is 12.1 Å². The van der Waals surface area contributed by atoms with Gasteiger partial charge in [-0.2, -0.15) is 0 Å². The number of nitrogens with one attached hydrogen (secondary N) is 1. The highest BCUT2D eigenvalue weighted by Crippen LogP contribution is 2.27. The first kappa shape index (κ1) is 9.67. The van der Waals surface area contributed by atoms with Gasteiger partial charge in [0, 0.05) is 4.47 Å². The highest BCUT2D eigenvalue weighted by molar-refractivity contribution is 9.13. The van der Waals surface area contributed by atoms with Gasteiger partial charge in [0.15, 0.2) is 0 Å². The molecule has 2 aromatic rings. The number of hydrogen-bond donors (Lipinski definition) is 1. The number of H-pyrrole nitrogens is 1. The second-order valence-electron chi connectivity index (χ2n) is 2.59. The summed E-state index contributed by atoms with van der Waals surface area (Å²) in [7, 11) is 0. The Morgan fingerprint density at radius 2 is 1.93 bits per heavy atom. The molecular weight excluding hydrogens is 318 g/mol. The zero-order chi connectivity index (χ0) is 10.3. The van der Waals surface area contributed by atoms with Crippen molar-refractivity contribution >= 4 is 42.8 Å². The molecular formula is C8H3Br2NO3. The Morgan fingerprint density at radius 1 is 1.21 bits per heavy atom. The number of hydrogen-bond acceptors (Lipinski definition) is 3. The van der Waals surface area contributed by atoms with Crippen molar-refractivity contribution in [2.75, 3.05) is 0 Å². The average molecular weight is 321 g/mol. The van der Waals surface area contributed by atoms with E-state index in [1.807, 2.05) is 0 Å². The lowest BCUT2D eigenvalue weighted by Gasteiger charge is -1.99. The molecule has 0 amide bonds. The summed E-state index contributed by atoms with van der Waals surface area (Å²) < 4.78 is 5.76. The normalized spacial score (nSPS) is 10.7. The SMILES string of the molecule is O=c1[nH]c2c(Br)c(Br)ccc2c(=O)o1. The zero-order valence-corrected chi connectivity index (χ0v) is 9.81. The van der Waals surface area contributed by atoms with Crippen LogP contribution in [0.2, 0.25) is 0 Å². The third kappa shape index (κ3) is 1.44. The largest absolute Gasteiger partial charge is 0.419 e. The van der Waals surface area contributed by atoms with Gasteiger partial charge in [-0.25, -0.2) is 9.59 Å². The first-order valence-corrected chi connectivity index (χ1v) is 5.19. The molecule has 14 heavy (non-hydrogen) atoms. The van der Waals surface area contributed by atoms with Crippen LogP contribution in [0.25, 0.3) is 10.9 Å². The molecule has 72 valence electrons. The maximum Gasteiger partial charge on any atom is 0.419 e. The highest BCUT2D eigenvalue weighted by Gasteiger charge is 2.07. The van der Waals surface area contributed by atoms with Crippen molar-refractivity contribution in [1.82, 2.24) is 4.98 Å². The Bertz CT molecular complexity index is 614. The zero-order valence-electron chi connectivity index (χ0n) is 6.64. The second-order valence-corrected chi connectivity index (χ2v) is 4.23. The predicted molar refractivity (Wildman–Crippen MR) is 58.5 cm³/mol. The smallest absolute Gasteiger partial charge is 0.372 e. The molecule has 0 aliphatic rings. The Kier molecular flexibility index (Phi) is 2.32. The first-order valence-electron chi connectivity index (χ1n) is 3.61. The number of halogens is 2. The number of aromatic amines is 1. The van der Waals surface area contributed by atoms with E-state index >= 15 is 0 Å². The Labute approximate surface area is 94.2 Å². The first-order chi connectivity index (χ1) is 6.59. The molecule has 1 N–H and O–H groups in total. The molecule has 1 aromatic heterocycles.